The Morgan fingerprint density at radius 2 is 2.08 bits per heavy atom. The summed E-state index contributed by atoms with van der Waals surface area (Å²) in [5.41, 5.74) is 2.08. The highest BCUT2D eigenvalue weighted by Gasteiger charge is 2.17. The highest BCUT2D eigenvalue weighted by Crippen LogP contribution is 2.24. The fraction of sp³-hybridized carbons (Fsp3) is 0.364. The van der Waals surface area contributed by atoms with Gasteiger partial charge in [-0.15, -0.1) is 0 Å². The van der Waals surface area contributed by atoms with E-state index in [1.807, 2.05) is 24.3 Å². The quantitative estimate of drug-likeness (QED) is 0.679. The molecular formula is C11H14N2. The Bertz CT molecular complexity index is 303. The van der Waals surface area contributed by atoms with Gasteiger partial charge in [-0.2, -0.15) is 0 Å². The molecule has 2 N–H and O–H groups in total. The first-order valence-electron chi connectivity index (χ1n) is 4.76. The van der Waals surface area contributed by atoms with Crippen LogP contribution in [0, 0.1) is 5.41 Å². The zero-order valence-electron chi connectivity index (χ0n) is 7.59. The molecule has 1 aromatic carbocycles. The minimum atomic E-state index is 0.640. The van der Waals surface area contributed by atoms with Gasteiger partial charge in [-0.25, -0.2) is 0 Å². The van der Waals surface area contributed by atoms with Crippen LogP contribution in [0.3, 0.4) is 0 Å². The van der Waals surface area contributed by atoms with Crippen LogP contribution in [0.15, 0.2) is 24.3 Å². The van der Waals surface area contributed by atoms with Gasteiger partial charge < -0.3 is 10.7 Å². The maximum absolute atomic E-state index is 7.24. The maximum atomic E-state index is 7.24. The van der Waals surface area contributed by atoms with Crippen LogP contribution in [0.25, 0.3) is 0 Å². The molecule has 0 radical (unpaired) electrons. The van der Waals surface area contributed by atoms with E-state index < -0.39 is 0 Å². The number of rotatable bonds is 3. The number of anilines is 1. The Kier molecular flexibility index (Phi) is 2.30. The van der Waals surface area contributed by atoms with E-state index in [0.717, 1.165) is 11.3 Å². The number of hydrogen-bond acceptors (Lipinski definition) is 2. The maximum Gasteiger partial charge on any atom is 0.0431 e. The van der Waals surface area contributed by atoms with Gasteiger partial charge in [-0.3, -0.25) is 0 Å². The van der Waals surface area contributed by atoms with Crippen LogP contribution in [0.1, 0.15) is 24.8 Å². The standard InChI is InChI=1S/C11H14N2/c12-8-9-4-1-2-7-11(9)13-10-5-3-6-10/h1-2,4,7-8,10,12-13H,3,5-6H2. The molecule has 0 aromatic heterocycles. The Balaban J connectivity index is 2.12. The molecule has 1 saturated carbocycles. The van der Waals surface area contributed by atoms with Gasteiger partial charge in [-0.05, 0) is 25.3 Å². The third-order valence-electron chi connectivity index (χ3n) is 2.58. The molecule has 2 heteroatoms. The van der Waals surface area contributed by atoms with Crippen LogP contribution in [-0.4, -0.2) is 12.3 Å². The van der Waals surface area contributed by atoms with Crippen molar-refractivity contribution in [2.75, 3.05) is 5.32 Å². The fourth-order valence-corrected chi connectivity index (χ4v) is 1.53. The molecular weight excluding hydrogens is 160 g/mol. The van der Waals surface area contributed by atoms with Gasteiger partial charge in [0.15, 0.2) is 0 Å². The van der Waals surface area contributed by atoms with Crippen molar-refractivity contribution in [1.82, 2.24) is 0 Å². The fourth-order valence-electron chi connectivity index (χ4n) is 1.53. The topological polar surface area (TPSA) is 35.9 Å². The predicted molar refractivity (Wildman–Crippen MR) is 55.6 cm³/mol. The summed E-state index contributed by atoms with van der Waals surface area (Å²) in [6.45, 7) is 0. The second-order valence-corrected chi connectivity index (χ2v) is 3.50. The number of hydrogen-bond donors (Lipinski definition) is 2. The van der Waals surface area contributed by atoms with Gasteiger partial charge >= 0.3 is 0 Å². The normalized spacial score (nSPS) is 16.3. The first-order valence-corrected chi connectivity index (χ1v) is 4.76. The first-order chi connectivity index (χ1) is 6.40. The lowest BCUT2D eigenvalue weighted by atomic mass is 9.92. The number of para-hydroxylation sites is 1. The van der Waals surface area contributed by atoms with Crippen molar-refractivity contribution in [3.63, 3.8) is 0 Å². The van der Waals surface area contributed by atoms with Gasteiger partial charge in [0.2, 0.25) is 0 Å². The molecule has 68 valence electrons. The van der Waals surface area contributed by atoms with E-state index in [1.54, 1.807) is 0 Å². The third kappa shape index (κ3) is 1.72. The molecule has 0 aliphatic heterocycles. The molecule has 0 heterocycles. The summed E-state index contributed by atoms with van der Waals surface area (Å²) >= 11 is 0. The monoisotopic (exact) mass is 174 g/mol. The van der Waals surface area contributed by atoms with Crippen molar-refractivity contribution in [2.24, 2.45) is 0 Å². The average molecular weight is 174 g/mol. The van der Waals surface area contributed by atoms with Crippen LogP contribution >= 0.6 is 0 Å². The zero-order valence-corrected chi connectivity index (χ0v) is 7.59. The van der Waals surface area contributed by atoms with E-state index in [-0.39, 0.29) is 0 Å². The predicted octanol–water partition coefficient (Wildman–Crippen LogP) is 2.65. The highest BCUT2D eigenvalue weighted by molar-refractivity contribution is 5.85. The summed E-state index contributed by atoms with van der Waals surface area (Å²) in [5.74, 6) is 0. The van der Waals surface area contributed by atoms with Crippen molar-refractivity contribution in [3.05, 3.63) is 29.8 Å². The molecule has 2 rings (SSSR count). The van der Waals surface area contributed by atoms with Crippen molar-refractivity contribution in [2.45, 2.75) is 25.3 Å². The van der Waals surface area contributed by atoms with Gasteiger partial charge in [0.05, 0.1) is 0 Å². The third-order valence-corrected chi connectivity index (χ3v) is 2.58. The minimum absolute atomic E-state index is 0.640. The van der Waals surface area contributed by atoms with Gasteiger partial charge in [0.25, 0.3) is 0 Å². The van der Waals surface area contributed by atoms with Crippen LogP contribution < -0.4 is 5.32 Å². The molecule has 0 amide bonds. The van der Waals surface area contributed by atoms with Crippen LogP contribution in [0.2, 0.25) is 0 Å². The summed E-state index contributed by atoms with van der Waals surface area (Å²) in [4.78, 5) is 0. The smallest absolute Gasteiger partial charge is 0.0431 e. The van der Waals surface area contributed by atoms with Crippen molar-refractivity contribution < 1.29 is 0 Å². The summed E-state index contributed by atoms with van der Waals surface area (Å²) < 4.78 is 0. The second kappa shape index (κ2) is 3.60. The van der Waals surface area contributed by atoms with E-state index in [0.29, 0.717) is 6.04 Å². The molecule has 0 spiro atoms. The van der Waals surface area contributed by atoms with Gasteiger partial charge in [0.1, 0.15) is 0 Å². The van der Waals surface area contributed by atoms with Crippen LogP contribution in [-0.2, 0) is 0 Å². The van der Waals surface area contributed by atoms with Gasteiger partial charge in [-0.1, -0.05) is 18.2 Å². The Labute approximate surface area is 78.5 Å². The zero-order chi connectivity index (χ0) is 9.10. The summed E-state index contributed by atoms with van der Waals surface area (Å²) in [6.07, 6.45) is 5.28. The summed E-state index contributed by atoms with van der Waals surface area (Å²) in [5, 5.41) is 10.7. The molecule has 1 aliphatic carbocycles. The highest BCUT2D eigenvalue weighted by atomic mass is 14.9. The largest absolute Gasteiger partial charge is 0.382 e. The lowest BCUT2D eigenvalue weighted by molar-refractivity contribution is 0.445. The van der Waals surface area contributed by atoms with Crippen LogP contribution in [0.5, 0.6) is 0 Å². The molecule has 1 fully saturated rings. The lowest BCUT2D eigenvalue weighted by Crippen LogP contribution is -2.27. The van der Waals surface area contributed by atoms with Crippen molar-refractivity contribution in [3.8, 4) is 0 Å². The first kappa shape index (κ1) is 8.30. The molecule has 0 bridgehead atoms. The molecule has 0 unspecified atom stereocenters. The van der Waals surface area contributed by atoms with E-state index in [1.165, 1.54) is 25.5 Å². The molecule has 0 atom stereocenters. The molecule has 13 heavy (non-hydrogen) atoms. The van der Waals surface area contributed by atoms with E-state index in [9.17, 15) is 0 Å². The SMILES string of the molecule is N=Cc1ccccc1NC1CCC1. The number of benzene rings is 1. The van der Waals surface area contributed by atoms with Crippen molar-refractivity contribution >= 4 is 11.9 Å². The van der Waals surface area contributed by atoms with Crippen LogP contribution in [0.4, 0.5) is 5.69 Å². The summed E-state index contributed by atoms with van der Waals surface area (Å²) in [6, 6.07) is 8.62. The van der Waals surface area contributed by atoms with E-state index in [4.69, 9.17) is 5.41 Å². The molecule has 0 saturated heterocycles. The second-order valence-electron chi connectivity index (χ2n) is 3.50. The Morgan fingerprint density at radius 3 is 2.69 bits per heavy atom. The Hall–Kier alpha value is -1.31. The van der Waals surface area contributed by atoms with E-state index in [2.05, 4.69) is 5.32 Å². The summed E-state index contributed by atoms with van der Waals surface area (Å²) in [7, 11) is 0. The molecule has 2 nitrogen and oxygen atoms in total. The average Bonchev–Trinajstić information content (AvgIpc) is 2.12. The molecule has 1 aromatic rings. The van der Waals surface area contributed by atoms with E-state index >= 15 is 0 Å². The number of nitrogens with one attached hydrogen (secondary N) is 2. The Morgan fingerprint density at radius 1 is 1.31 bits per heavy atom. The van der Waals surface area contributed by atoms with Gasteiger partial charge in [0, 0.05) is 23.5 Å². The minimum Gasteiger partial charge on any atom is -0.382 e. The molecule has 1 aliphatic rings. The van der Waals surface area contributed by atoms with Crippen molar-refractivity contribution in [1.29, 1.82) is 5.41 Å². The lowest BCUT2D eigenvalue weighted by Gasteiger charge is -2.28.